The molecular formula is C9H17N3OS. The van der Waals surface area contributed by atoms with Crippen molar-refractivity contribution in [2.24, 2.45) is 5.92 Å². The molecule has 0 bridgehead atoms. The van der Waals surface area contributed by atoms with Crippen LogP contribution in [0.3, 0.4) is 0 Å². The van der Waals surface area contributed by atoms with Gasteiger partial charge in [-0.15, -0.1) is 0 Å². The molecule has 5 heteroatoms. The number of aromatic nitrogens is 2. The molecule has 0 aromatic carbocycles. The Morgan fingerprint density at radius 3 is 2.71 bits per heavy atom. The summed E-state index contributed by atoms with van der Waals surface area (Å²) >= 11 is 1.33. The third-order valence-corrected chi connectivity index (χ3v) is 2.52. The highest BCUT2D eigenvalue weighted by atomic mass is 32.1. The van der Waals surface area contributed by atoms with Gasteiger partial charge in [0.25, 0.3) is 0 Å². The fourth-order valence-corrected chi connectivity index (χ4v) is 1.78. The molecule has 0 radical (unpaired) electrons. The predicted octanol–water partition coefficient (Wildman–Crippen LogP) is 1.67. The van der Waals surface area contributed by atoms with Crippen molar-refractivity contribution in [1.82, 2.24) is 9.36 Å². The minimum Gasteiger partial charge on any atom is -0.391 e. The van der Waals surface area contributed by atoms with Gasteiger partial charge in [0.2, 0.25) is 5.13 Å². The van der Waals surface area contributed by atoms with Crippen LogP contribution in [0.4, 0.5) is 5.13 Å². The van der Waals surface area contributed by atoms with Gasteiger partial charge in [-0.05, 0) is 19.3 Å². The second-order valence-corrected chi connectivity index (χ2v) is 4.56. The lowest BCUT2D eigenvalue weighted by Gasteiger charge is -2.12. The molecule has 0 aliphatic carbocycles. The molecule has 1 aromatic heterocycles. The standard InChI is InChI=1S/C9H17N3OS/c1-6(2)4-8(13)5-10-9-11-7(3)12-14-9/h6,8,13H,4-5H2,1-3H3,(H,10,11,12). The summed E-state index contributed by atoms with van der Waals surface area (Å²) in [6.45, 7) is 6.59. The highest BCUT2D eigenvalue weighted by Crippen LogP contribution is 2.11. The third kappa shape index (κ3) is 4.02. The van der Waals surface area contributed by atoms with Crippen molar-refractivity contribution in [2.75, 3.05) is 11.9 Å². The summed E-state index contributed by atoms with van der Waals surface area (Å²) in [5.74, 6) is 1.29. The number of rotatable bonds is 5. The van der Waals surface area contributed by atoms with E-state index in [1.807, 2.05) is 6.92 Å². The Bertz CT molecular complexity index is 275. The van der Waals surface area contributed by atoms with Crippen molar-refractivity contribution in [2.45, 2.75) is 33.3 Å². The zero-order valence-electron chi connectivity index (χ0n) is 8.82. The summed E-state index contributed by atoms with van der Waals surface area (Å²) in [6, 6.07) is 0. The SMILES string of the molecule is Cc1nsc(NCC(O)CC(C)C)n1. The topological polar surface area (TPSA) is 58.0 Å². The molecule has 0 fully saturated rings. The van der Waals surface area contributed by atoms with Crippen molar-refractivity contribution in [1.29, 1.82) is 0 Å². The number of hydrogen-bond acceptors (Lipinski definition) is 5. The fourth-order valence-electron chi connectivity index (χ4n) is 1.20. The third-order valence-electron chi connectivity index (χ3n) is 1.76. The zero-order chi connectivity index (χ0) is 10.6. The van der Waals surface area contributed by atoms with E-state index in [0.717, 1.165) is 17.4 Å². The van der Waals surface area contributed by atoms with Gasteiger partial charge < -0.3 is 10.4 Å². The first kappa shape index (κ1) is 11.4. The van der Waals surface area contributed by atoms with Crippen LogP contribution < -0.4 is 5.32 Å². The normalized spacial score (nSPS) is 13.2. The van der Waals surface area contributed by atoms with Crippen LogP contribution in [0, 0.1) is 12.8 Å². The van der Waals surface area contributed by atoms with Crippen molar-refractivity contribution in [3.8, 4) is 0 Å². The van der Waals surface area contributed by atoms with Gasteiger partial charge in [0.05, 0.1) is 6.10 Å². The Morgan fingerprint density at radius 1 is 1.50 bits per heavy atom. The predicted molar refractivity (Wildman–Crippen MR) is 58.6 cm³/mol. The summed E-state index contributed by atoms with van der Waals surface area (Å²) in [6.07, 6.45) is 0.504. The molecule has 4 nitrogen and oxygen atoms in total. The molecule has 0 saturated carbocycles. The number of aryl methyl sites for hydroxylation is 1. The summed E-state index contributed by atoms with van der Waals surface area (Å²) in [7, 11) is 0. The first-order chi connectivity index (χ1) is 6.58. The first-order valence-corrected chi connectivity index (χ1v) is 5.57. The molecule has 1 unspecified atom stereocenters. The molecule has 0 amide bonds. The van der Waals surface area contributed by atoms with Gasteiger partial charge in [-0.2, -0.15) is 4.37 Å². The average Bonchev–Trinajstić information content (AvgIpc) is 2.47. The molecule has 80 valence electrons. The smallest absolute Gasteiger partial charge is 0.202 e. The van der Waals surface area contributed by atoms with Crippen LogP contribution in [-0.4, -0.2) is 27.1 Å². The molecule has 2 N–H and O–H groups in total. The van der Waals surface area contributed by atoms with Gasteiger partial charge in [0, 0.05) is 18.1 Å². The number of hydrogen-bond donors (Lipinski definition) is 2. The van der Waals surface area contributed by atoms with E-state index < -0.39 is 0 Å². The molecular weight excluding hydrogens is 198 g/mol. The molecule has 1 atom stereocenters. The molecule has 1 rings (SSSR count). The highest BCUT2D eigenvalue weighted by Gasteiger charge is 2.07. The van der Waals surface area contributed by atoms with Crippen LogP contribution in [0.1, 0.15) is 26.1 Å². The zero-order valence-corrected chi connectivity index (χ0v) is 9.64. The van der Waals surface area contributed by atoms with Gasteiger partial charge >= 0.3 is 0 Å². The van der Waals surface area contributed by atoms with E-state index in [1.165, 1.54) is 11.5 Å². The van der Waals surface area contributed by atoms with E-state index in [4.69, 9.17) is 0 Å². The van der Waals surface area contributed by atoms with Crippen molar-refractivity contribution >= 4 is 16.7 Å². The van der Waals surface area contributed by atoms with E-state index >= 15 is 0 Å². The van der Waals surface area contributed by atoms with Crippen LogP contribution in [0.5, 0.6) is 0 Å². The first-order valence-electron chi connectivity index (χ1n) is 4.80. The lowest BCUT2D eigenvalue weighted by Crippen LogP contribution is -2.21. The van der Waals surface area contributed by atoms with Crippen molar-refractivity contribution < 1.29 is 5.11 Å². The van der Waals surface area contributed by atoms with E-state index in [0.29, 0.717) is 12.5 Å². The Labute approximate surface area is 88.6 Å². The van der Waals surface area contributed by atoms with Gasteiger partial charge in [0.15, 0.2) is 0 Å². The number of aliphatic hydroxyl groups is 1. The summed E-state index contributed by atoms with van der Waals surface area (Å²) in [5.41, 5.74) is 0. The van der Waals surface area contributed by atoms with Crippen LogP contribution in [0.25, 0.3) is 0 Å². The monoisotopic (exact) mass is 215 g/mol. The van der Waals surface area contributed by atoms with Gasteiger partial charge in [-0.1, -0.05) is 13.8 Å². The highest BCUT2D eigenvalue weighted by molar-refractivity contribution is 7.09. The second-order valence-electron chi connectivity index (χ2n) is 3.81. The largest absolute Gasteiger partial charge is 0.391 e. The molecule has 0 saturated heterocycles. The minimum atomic E-state index is -0.306. The Balaban J connectivity index is 2.26. The summed E-state index contributed by atoms with van der Waals surface area (Å²) in [5, 5.41) is 13.4. The Hall–Kier alpha value is -0.680. The lowest BCUT2D eigenvalue weighted by molar-refractivity contribution is 0.161. The molecule has 0 aliphatic rings. The van der Waals surface area contributed by atoms with Crippen LogP contribution >= 0.6 is 11.5 Å². The quantitative estimate of drug-likeness (QED) is 0.784. The van der Waals surface area contributed by atoms with E-state index in [9.17, 15) is 5.11 Å². The average molecular weight is 215 g/mol. The van der Waals surface area contributed by atoms with Crippen LogP contribution in [0.15, 0.2) is 0 Å². The van der Waals surface area contributed by atoms with E-state index in [1.54, 1.807) is 0 Å². The van der Waals surface area contributed by atoms with E-state index in [-0.39, 0.29) is 6.10 Å². The van der Waals surface area contributed by atoms with Gasteiger partial charge in [-0.25, -0.2) is 4.98 Å². The van der Waals surface area contributed by atoms with Crippen LogP contribution in [0.2, 0.25) is 0 Å². The molecule has 14 heavy (non-hydrogen) atoms. The second kappa shape index (κ2) is 5.26. The maximum absolute atomic E-state index is 9.58. The molecule has 0 spiro atoms. The molecule has 1 heterocycles. The lowest BCUT2D eigenvalue weighted by atomic mass is 10.1. The Kier molecular flexibility index (Phi) is 4.28. The van der Waals surface area contributed by atoms with Gasteiger partial charge in [0.1, 0.15) is 5.82 Å². The van der Waals surface area contributed by atoms with E-state index in [2.05, 4.69) is 28.5 Å². The maximum Gasteiger partial charge on any atom is 0.202 e. The molecule has 0 aliphatic heterocycles. The summed E-state index contributed by atoms with van der Waals surface area (Å²) < 4.78 is 4.04. The van der Waals surface area contributed by atoms with Gasteiger partial charge in [-0.3, -0.25) is 0 Å². The number of nitrogens with one attached hydrogen (secondary N) is 1. The van der Waals surface area contributed by atoms with Crippen molar-refractivity contribution in [3.63, 3.8) is 0 Å². The van der Waals surface area contributed by atoms with Crippen LogP contribution in [-0.2, 0) is 0 Å². The number of anilines is 1. The maximum atomic E-state index is 9.58. The number of aliphatic hydroxyl groups excluding tert-OH is 1. The molecule has 1 aromatic rings. The number of nitrogens with zero attached hydrogens (tertiary/aromatic N) is 2. The summed E-state index contributed by atoms with van der Waals surface area (Å²) in [4.78, 5) is 4.15. The van der Waals surface area contributed by atoms with Crippen molar-refractivity contribution in [3.05, 3.63) is 5.82 Å². The Morgan fingerprint density at radius 2 is 2.21 bits per heavy atom. The minimum absolute atomic E-state index is 0.306. The fraction of sp³-hybridized carbons (Fsp3) is 0.778.